The van der Waals surface area contributed by atoms with E-state index in [1.807, 2.05) is 31.2 Å². The molecule has 1 unspecified atom stereocenters. The van der Waals surface area contributed by atoms with Crippen LogP contribution in [0.4, 0.5) is 0 Å². The van der Waals surface area contributed by atoms with Crippen molar-refractivity contribution in [1.82, 2.24) is 0 Å². The van der Waals surface area contributed by atoms with Gasteiger partial charge in [0.25, 0.3) is 0 Å². The molecule has 0 saturated carbocycles. The number of ether oxygens (including phenoxy) is 1. The number of aliphatic hydroxyl groups excluding tert-OH is 1. The lowest BCUT2D eigenvalue weighted by atomic mass is 10.0. The first kappa shape index (κ1) is 8.32. The van der Waals surface area contributed by atoms with Crippen LogP contribution in [-0.4, -0.2) is 5.11 Å². The summed E-state index contributed by atoms with van der Waals surface area (Å²) in [5, 5.41) is 9.71. The molecule has 0 aliphatic carbocycles. The van der Waals surface area contributed by atoms with Crippen LogP contribution in [0.25, 0.3) is 0 Å². The summed E-state index contributed by atoms with van der Waals surface area (Å²) in [5.41, 5.74) is 0.847. The molecule has 0 bridgehead atoms. The van der Waals surface area contributed by atoms with Crippen LogP contribution < -0.4 is 4.74 Å². The van der Waals surface area contributed by atoms with Gasteiger partial charge in [-0.05, 0) is 12.1 Å². The van der Waals surface area contributed by atoms with Crippen molar-refractivity contribution in [3.05, 3.63) is 41.7 Å². The Labute approximate surface area is 77.5 Å². The highest BCUT2D eigenvalue weighted by molar-refractivity contribution is 5.40. The normalized spacial score (nSPS) is 20.2. The van der Waals surface area contributed by atoms with E-state index in [9.17, 15) is 5.11 Å². The van der Waals surface area contributed by atoms with Crippen molar-refractivity contribution < 1.29 is 9.84 Å². The zero-order valence-corrected chi connectivity index (χ0v) is 7.53. The van der Waals surface area contributed by atoms with Crippen LogP contribution in [0, 0.1) is 0 Å². The van der Waals surface area contributed by atoms with Crippen molar-refractivity contribution in [3.63, 3.8) is 0 Å². The van der Waals surface area contributed by atoms with Gasteiger partial charge in [-0.3, -0.25) is 0 Å². The van der Waals surface area contributed by atoms with Gasteiger partial charge < -0.3 is 9.84 Å². The molecule has 1 aliphatic rings. The molecule has 1 heterocycles. The van der Waals surface area contributed by atoms with Gasteiger partial charge in [0.05, 0.1) is 0 Å². The molecule has 0 spiro atoms. The van der Waals surface area contributed by atoms with E-state index < -0.39 is 6.10 Å². The Balaban J connectivity index is 2.40. The Morgan fingerprint density at radius 3 is 2.92 bits per heavy atom. The van der Waals surface area contributed by atoms with Crippen LogP contribution in [0.2, 0.25) is 0 Å². The molecular formula is C11H12O2. The molecule has 2 rings (SSSR count). The molecule has 1 aromatic rings. The molecule has 1 N–H and O–H groups in total. The minimum atomic E-state index is -0.514. The molecule has 0 aromatic heterocycles. The fourth-order valence-electron chi connectivity index (χ4n) is 1.45. The highest BCUT2D eigenvalue weighted by Gasteiger charge is 2.17. The van der Waals surface area contributed by atoms with Crippen LogP contribution in [0.15, 0.2) is 36.1 Å². The van der Waals surface area contributed by atoms with Crippen molar-refractivity contribution in [1.29, 1.82) is 0 Å². The van der Waals surface area contributed by atoms with E-state index in [2.05, 4.69) is 0 Å². The standard InChI is InChI=1S/C11H12O2/c1-2-8-7-10(12)9-5-3-4-6-11(9)13-8/h3-7,10,12H,2H2,1H3. The lowest BCUT2D eigenvalue weighted by molar-refractivity contribution is 0.205. The molecule has 0 fully saturated rings. The highest BCUT2D eigenvalue weighted by atomic mass is 16.5. The summed E-state index contributed by atoms with van der Waals surface area (Å²) in [4.78, 5) is 0. The second kappa shape index (κ2) is 3.23. The molecule has 1 aliphatic heterocycles. The Kier molecular flexibility index (Phi) is 2.07. The van der Waals surface area contributed by atoms with Crippen LogP contribution in [-0.2, 0) is 0 Å². The molecule has 0 saturated heterocycles. The van der Waals surface area contributed by atoms with E-state index in [0.717, 1.165) is 23.5 Å². The largest absolute Gasteiger partial charge is 0.462 e. The first-order valence-electron chi connectivity index (χ1n) is 4.47. The topological polar surface area (TPSA) is 29.5 Å². The van der Waals surface area contributed by atoms with Gasteiger partial charge in [-0.15, -0.1) is 0 Å². The third-order valence-electron chi connectivity index (χ3n) is 2.17. The quantitative estimate of drug-likeness (QED) is 0.712. The van der Waals surface area contributed by atoms with Gasteiger partial charge in [0.1, 0.15) is 17.6 Å². The molecule has 13 heavy (non-hydrogen) atoms. The fraction of sp³-hybridized carbons (Fsp3) is 0.273. The third kappa shape index (κ3) is 1.45. The predicted octanol–water partition coefficient (Wildman–Crippen LogP) is 2.41. The molecule has 1 aromatic carbocycles. The van der Waals surface area contributed by atoms with E-state index in [1.54, 1.807) is 6.08 Å². The van der Waals surface area contributed by atoms with Gasteiger partial charge in [-0.1, -0.05) is 25.1 Å². The average molecular weight is 176 g/mol. The molecule has 68 valence electrons. The maximum atomic E-state index is 9.71. The smallest absolute Gasteiger partial charge is 0.133 e. The molecule has 0 amide bonds. The first-order chi connectivity index (χ1) is 6.31. The van der Waals surface area contributed by atoms with Gasteiger partial charge in [-0.25, -0.2) is 0 Å². The van der Waals surface area contributed by atoms with Gasteiger partial charge in [0, 0.05) is 12.0 Å². The zero-order valence-electron chi connectivity index (χ0n) is 7.53. The number of aliphatic hydroxyl groups is 1. The van der Waals surface area contributed by atoms with Crippen molar-refractivity contribution in [2.75, 3.05) is 0 Å². The number of fused-ring (bicyclic) bond motifs is 1. The summed E-state index contributed by atoms with van der Waals surface area (Å²) >= 11 is 0. The minimum absolute atomic E-state index is 0.514. The second-order valence-electron chi connectivity index (χ2n) is 3.07. The Morgan fingerprint density at radius 1 is 1.38 bits per heavy atom. The van der Waals surface area contributed by atoms with E-state index >= 15 is 0 Å². The minimum Gasteiger partial charge on any atom is -0.462 e. The van der Waals surface area contributed by atoms with Crippen molar-refractivity contribution >= 4 is 0 Å². The van der Waals surface area contributed by atoms with Crippen molar-refractivity contribution in [2.45, 2.75) is 19.4 Å². The third-order valence-corrected chi connectivity index (χ3v) is 2.17. The molecule has 0 radical (unpaired) electrons. The summed E-state index contributed by atoms with van der Waals surface area (Å²) in [7, 11) is 0. The maximum Gasteiger partial charge on any atom is 0.133 e. The number of benzene rings is 1. The molecular weight excluding hydrogens is 164 g/mol. The molecule has 2 nitrogen and oxygen atoms in total. The summed E-state index contributed by atoms with van der Waals surface area (Å²) in [6, 6.07) is 7.56. The van der Waals surface area contributed by atoms with Crippen LogP contribution in [0.5, 0.6) is 5.75 Å². The zero-order chi connectivity index (χ0) is 9.26. The first-order valence-corrected chi connectivity index (χ1v) is 4.47. The van der Waals surface area contributed by atoms with Gasteiger partial charge >= 0.3 is 0 Å². The van der Waals surface area contributed by atoms with E-state index in [0.29, 0.717) is 0 Å². The number of hydrogen-bond acceptors (Lipinski definition) is 2. The van der Waals surface area contributed by atoms with E-state index in [4.69, 9.17) is 4.74 Å². The Morgan fingerprint density at radius 2 is 2.15 bits per heavy atom. The average Bonchev–Trinajstić information content (AvgIpc) is 2.18. The molecule has 2 heteroatoms. The monoisotopic (exact) mass is 176 g/mol. The summed E-state index contributed by atoms with van der Waals surface area (Å²) in [5.74, 6) is 1.61. The lowest BCUT2D eigenvalue weighted by Gasteiger charge is -2.20. The van der Waals surface area contributed by atoms with Gasteiger partial charge in [0.2, 0.25) is 0 Å². The second-order valence-corrected chi connectivity index (χ2v) is 3.07. The molecule has 1 atom stereocenters. The lowest BCUT2D eigenvalue weighted by Crippen LogP contribution is -2.08. The maximum absolute atomic E-state index is 9.71. The number of para-hydroxylation sites is 1. The number of rotatable bonds is 1. The van der Waals surface area contributed by atoms with Crippen molar-refractivity contribution in [2.24, 2.45) is 0 Å². The van der Waals surface area contributed by atoms with Crippen LogP contribution in [0.1, 0.15) is 25.0 Å². The SMILES string of the molecule is CCC1=CC(O)c2ccccc2O1. The van der Waals surface area contributed by atoms with Crippen LogP contribution >= 0.6 is 0 Å². The fourth-order valence-corrected chi connectivity index (χ4v) is 1.45. The Hall–Kier alpha value is -1.28. The predicted molar refractivity (Wildman–Crippen MR) is 50.4 cm³/mol. The van der Waals surface area contributed by atoms with E-state index in [1.165, 1.54) is 0 Å². The van der Waals surface area contributed by atoms with Gasteiger partial charge in [-0.2, -0.15) is 0 Å². The van der Waals surface area contributed by atoms with E-state index in [-0.39, 0.29) is 0 Å². The summed E-state index contributed by atoms with van der Waals surface area (Å²) in [6.45, 7) is 2.01. The van der Waals surface area contributed by atoms with Gasteiger partial charge in [0.15, 0.2) is 0 Å². The Bertz CT molecular complexity index is 342. The summed E-state index contributed by atoms with van der Waals surface area (Å²) < 4.78 is 5.55. The van der Waals surface area contributed by atoms with Crippen molar-refractivity contribution in [3.8, 4) is 5.75 Å². The summed E-state index contributed by atoms with van der Waals surface area (Å²) in [6.07, 6.45) is 2.05. The number of allylic oxidation sites excluding steroid dienone is 1. The highest BCUT2D eigenvalue weighted by Crippen LogP contribution is 2.32. The van der Waals surface area contributed by atoms with Crippen LogP contribution in [0.3, 0.4) is 0 Å². The number of hydrogen-bond donors (Lipinski definition) is 1.